The van der Waals surface area contributed by atoms with Gasteiger partial charge in [0.05, 0.1) is 61.1 Å². The molecule has 3 heterocycles. The summed E-state index contributed by atoms with van der Waals surface area (Å²) >= 11 is 3.38. The normalized spacial score (nSPS) is 17.9. The zero-order valence-electron chi connectivity index (χ0n) is 14.1. The Labute approximate surface area is 156 Å². The molecule has 2 aromatic rings. The number of fused-ring (bicyclic) bond motifs is 5. The second-order valence-corrected chi connectivity index (χ2v) is 7.49. The van der Waals surface area contributed by atoms with Crippen LogP contribution in [0.4, 0.5) is 0 Å². The summed E-state index contributed by atoms with van der Waals surface area (Å²) in [5.41, 5.74) is 1.80. The maximum Gasteiger partial charge on any atom is 0.0968 e. The first-order chi connectivity index (χ1) is 12.4. The minimum absolute atomic E-state index is 0.603. The van der Waals surface area contributed by atoms with Gasteiger partial charge in [-0.2, -0.15) is 0 Å². The molecule has 5 nitrogen and oxygen atoms in total. The molecule has 0 saturated carbocycles. The summed E-state index contributed by atoms with van der Waals surface area (Å²) in [5.74, 6) is 1.73. The number of hydrogen-bond acceptors (Lipinski definition) is 7. The molecule has 25 heavy (non-hydrogen) atoms. The number of pyridine rings is 2. The van der Waals surface area contributed by atoms with Crippen molar-refractivity contribution in [2.75, 3.05) is 51.1 Å². The molecule has 0 amide bonds. The first kappa shape index (κ1) is 18.7. The first-order valence-electron chi connectivity index (χ1n) is 8.35. The van der Waals surface area contributed by atoms with Crippen molar-refractivity contribution in [1.82, 2.24) is 9.97 Å². The molecule has 0 aliphatic carbocycles. The van der Waals surface area contributed by atoms with Crippen LogP contribution in [0.2, 0.25) is 0 Å². The molecule has 0 atom stereocenters. The Morgan fingerprint density at radius 2 is 1.04 bits per heavy atom. The van der Waals surface area contributed by atoms with Crippen LogP contribution in [0, 0.1) is 0 Å². The van der Waals surface area contributed by atoms with E-state index in [4.69, 9.17) is 24.2 Å². The molecule has 0 unspecified atom stereocenters. The van der Waals surface area contributed by atoms with Crippen molar-refractivity contribution >= 4 is 23.5 Å². The molecule has 134 valence electrons. The molecule has 7 heteroatoms. The van der Waals surface area contributed by atoms with Gasteiger partial charge in [0.1, 0.15) is 0 Å². The van der Waals surface area contributed by atoms with E-state index in [2.05, 4.69) is 0 Å². The van der Waals surface area contributed by atoms with E-state index in [-0.39, 0.29) is 0 Å². The van der Waals surface area contributed by atoms with E-state index in [1.165, 1.54) is 0 Å². The number of ether oxygens (including phenoxy) is 3. The maximum atomic E-state index is 5.58. The lowest BCUT2D eigenvalue weighted by Gasteiger charge is -2.06. The van der Waals surface area contributed by atoms with Gasteiger partial charge in [-0.3, -0.25) is 0 Å². The van der Waals surface area contributed by atoms with Gasteiger partial charge in [-0.05, 0) is 24.3 Å². The Bertz CT molecular complexity index is 602. The molecule has 1 aliphatic rings. The Kier molecular flexibility index (Phi) is 8.05. The average Bonchev–Trinajstić information content (AvgIpc) is 2.65. The predicted molar refractivity (Wildman–Crippen MR) is 101 cm³/mol. The fourth-order valence-corrected chi connectivity index (χ4v) is 3.72. The topological polar surface area (TPSA) is 53.5 Å². The van der Waals surface area contributed by atoms with Crippen LogP contribution < -0.4 is 0 Å². The van der Waals surface area contributed by atoms with Crippen molar-refractivity contribution in [2.24, 2.45) is 0 Å². The van der Waals surface area contributed by atoms with Gasteiger partial charge in [0.2, 0.25) is 0 Å². The van der Waals surface area contributed by atoms with Crippen molar-refractivity contribution in [3.8, 4) is 11.4 Å². The quantitative estimate of drug-likeness (QED) is 0.696. The third kappa shape index (κ3) is 6.60. The molecule has 2 aromatic heterocycles. The molecule has 0 spiro atoms. The minimum atomic E-state index is 0.603. The van der Waals surface area contributed by atoms with E-state index in [0.717, 1.165) is 32.9 Å². The molecular weight excluding hydrogens is 356 g/mol. The Hall–Kier alpha value is -1.12. The summed E-state index contributed by atoms with van der Waals surface area (Å²) in [7, 11) is 0. The van der Waals surface area contributed by atoms with Gasteiger partial charge in [-0.25, -0.2) is 9.97 Å². The molecule has 0 saturated heterocycles. The summed E-state index contributed by atoms with van der Waals surface area (Å²) in [6.45, 7) is 3.79. The largest absolute Gasteiger partial charge is 0.378 e. The van der Waals surface area contributed by atoms with Crippen molar-refractivity contribution in [2.45, 2.75) is 10.1 Å². The minimum Gasteiger partial charge on any atom is -0.378 e. The summed E-state index contributed by atoms with van der Waals surface area (Å²) in [6, 6.07) is 12.1. The number of rotatable bonds is 0. The average molecular weight is 379 g/mol. The number of nitrogens with zero attached hydrogens (tertiary/aromatic N) is 2. The van der Waals surface area contributed by atoms with Crippen LogP contribution in [-0.2, 0) is 14.2 Å². The van der Waals surface area contributed by atoms with Gasteiger partial charge < -0.3 is 14.2 Å². The van der Waals surface area contributed by atoms with E-state index in [1.807, 2.05) is 36.4 Å². The maximum absolute atomic E-state index is 5.58. The van der Waals surface area contributed by atoms with Crippen molar-refractivity contribution < 1.29 is 14.2 Å². The molecule has 0 fully saturated rings. The zero-order chi connectivity index (χ0) is 17.2. The smallest absolute Gasteiger partial charge is 0.0968 e. The van der Waals surface area contributed by atoms with E-state index < -0.39 is 0 Å². The van der Waals surface area contributed by atoms with Crippen LogP contribution in [0.5, 0.6) is 0 Å². The summed E-state index contributed by atoms with van der Waals surface area (Å²) < 4.78 is 16.6. The van der Waals surface area contributed by atoms with Gasteiger partial charge in [0.25, 0.3) is 0 Å². The highest BCUT2D eigenvalue weighted by Crippen LogP contribution is 2.23. The first-order valence-corrected chi connectivity index (χ1v) is 10.3. The second-order valence-electron chi connectivity index (χ2n) is 5.26. The van der Waals surface area contributed by atoms with Crippen LogP contribution in [0.25, 0.3) is 11.4 Å². The zero-order valence-corrected chi connectivity index (χ0v) is 15.7. The van der Waals surface area contributed by atoms with Crippen LogP contribution in [0.15, 0.2) is 46.5 Å². The highest BCUT2D eigenvalue weighted by atomic mass is 32.2. The van der Waals surface area contributed by atoms with Gasteiger partial charge in [0, 0.05) is 11.5 Å². The Morgan fingerprint density at radius 3 is 1.52 bits per heavy atom. The lowest BCUT2D eigenvalue weighted by molar-refractivity contribution is 0.0205. The van der Waals surface area contributed by atoms with Crippen molar-refractivity contribution in [1.29, 1.82) is 0 Å². The Morgan fingerprint density at radius 1 is 0.600 bits per heavy atom. The highest BCUT2D eigenvalue weighted by Gasteiger charge is 2.05. The SMILES string of the molecule is c1cc2nc(c1)-c1cccc(n1)SCCOCCOCCOCCS2. The van der Waals surface area contributed by atoms with Gasteiger partial charge in [-0.15, -0.1) is 23.5 Å². The summed E-state index contributed by atoms with van der Waals surface area (Å²) in [5, 5.41) is 1.98. The second kappa shape index (κ2) is 10.8. The van der Waals surface area contributed by atoms with Gasteiger partial charge in [0.15, 0.2) is 0 Å². The van der Waals surface area contributed by atoms with E-state index in [9.17, 15) is 0 Å². The summed E-state index contributed by atoms with van der Waals surface area (Å²) in [6.07, 6.45) is 0. The van der Waals surface area contributed by atoms with Crippen LogP contribution in [-0.4, -0.2) is 61.1 Å². The van der Waals surface area contributed by atoms with E-state index >= 15 is 0 Å². The third-order valence-corrected chi connectivity index (χ3v) is 5.20. The number of hydrogen-bond donors (Lipinski definition) is 0. The van der Waals surface area contributed by atoms with E-state index in [1.54, 1.807) is 23.5 Å². The van der Waals surface area contributed by atoms with Crippen molar-refractivity contribution in [3.05, 3.63) is 36.4 Å². The van der Waals surface area contributed by atoms with Crippen LogP contribution in [0.1, 0.15) is 0 Å². The van der Waals surface area contributed by atoms with Gasteiger partial charge in [-0.1, -0.05) is 12.1 Å². The van der Waals surface area contributed by atoms with Crippen LogP contribution >= 0.6 is 23.5 Å². The fraction of sp³-hybridized carbons (Fsp3) is 0.444. The molecule has 0 radical (unpaired) electrons. The molecule has 1 aliphatic heterocycles. The molecule has 3 rings (SSSR count). The van der Waals surface area contributed by atoms with E-state index in [0.29, 0.717) is 39.6 Å². The van der Waals surface area contributed by atoms with Crippen LogP contribution in [0.3, 0.4) is 0 Å². The lowest BCUT2D eigenvalue weighted by Crippen LogP contribution is -2.11. The molecule has 4 bridgehead atoms. The Balaban J connectivity index is 1.69. The number of thioether (sulfide) groups is 2. The predicted octanol–water partition coefficient (Wildman–Crippen LogP) is 3.39. The highest BCUT2D eigenvalue weighted by molar-refractivity contribution is 7.99. The fourth-order valence-electron chi connectivity index (χ4n) is 2.23. The third-order valence-electron chi connectivity index (χ3n) is 3.41. The summed E-state index contributed by atoms with van der Waals surface area (Å²) in [4.78, 5) is 9.42. The molecular formula is C18H22N2O3S2. The monoisotopic (exact) mass is 378 g/mol. The number of aromatic nitrogens is 2. The lowest BCUT2D eigenvalue weighted by atomic mass is 10.2. The standard InChI is InChI=1S/C18H22N2O3S2/c1-3-15-16-4-2-6-18(20-16)25-14-12-23-10-8-21-7-9-22-11-13-24-17(5-1)19-15/h1-6H,7-14H2. The molecule has 0 aromatic carbocycles. The molecule has 0 N–H and O–H groups in total. The van der Waals surface area contributed by atoms with Gasteiger partial charge >= 0.3 is 0 Å². The van der Waals surface area contributed by atoms with Crippen molar-refractivity contribution in [3.63, 3.8) is 0 Å².